The van der Waals surface area contributed by atoms with Crippen LogP contribution in [0.15, 0.2) is 24.3 Å². The lowest BCUT2D eigenvalue weighted by atomic mass is 10.0. The topological polar surface area (TPSA) is 47.6 Å². The van der Waals surface area contributed by atoms with E-state index in [2.05, 4.69) is 10.1 Å². The molecule has 0 radical (unpaired) electrons. The van der Waals surface area contributed by atoms with Crippen LogP contribution < -0.4 is 5.32 Å². The molecule has 0 aromatic heterocycles. The molecule has 0 saturated carbocycles. The molecule has 0 aliphatic carbocycles. The van der Waals surface area contributed by atoms with Crippen molar-refractivity contribution in [1.29, 1.82) is 0 Å². The first-order valence-electron chi connectivity index (χ1n) is 5.61. The highest BCUT2D eigenvalue weighted by Gasteiger charge is 2.06. The Morgan fingerprint density at radius 3 is 2.59 bits per heavy atom. The normalized spacial score (nSPS) is 10.2. The van der Waals surface area contributed by atoms with E-state index in [9.17, 15) is 4.79 Å². The molecular formula is C13H19NO3. The fraction of sp³-hybridized carbons (Fsp3) is 0.462. The van der Waals surface area contributed by atoms with Crippen molar-refractivity contribution >= 4 is 5.97 Å². The summed E-state index contributed by atoms with van der Waals surface area (Å²) < 4.78 is 9.63. The van der Waals surface area contributed by atoms with E-state index < -0.39 is 0 Å². The Labute approximate surface area is 102 Å². The van der Waals surface area contributed by atoms with Crippen molar-refractivity contribution in [2.24, 2.45) is 0 Å². The fourth-order valence-electron chi connectivity index (χ4n) is 1.53. The smallest absolute Gasteiger partial charge is 0.309 e. The van der Waals surface area contributed by atoms with Gasteiger partial charge in [0.1, 0.15) is 0 Å². The minimum absolute atomic E-state index is 0.214. The molecule has 0 heterocycles. The van der Waals surface area contributed by atoms with Gasteiger partial charge >= 0.3 is 5.97 Å². The lowest BCUT2D eigenvalue weighted by molar-refractivity contribution is -0.139. The van der Waals surface area contributed by atoms with Gasteiger partial charge in [-0.2, -0.15) is 0 Å². The Balaban J connectivity index is 2.54. The summed E-state index contributed by atoms with van der Waals surface area (Å²) in [7, 11) is 3.08. The quantitative estimate of drug-likeness (QED) is 0.570. The monoisotopic (exact) mass is 237 g/mol. The molecule has 0 saturated heterocycles. The van der Waals surface area contributed by atoms with Crippen LogP contribution in [0.2, 0.25) is 0 Å². The molecule has 1 aromatic rings. The maximum atomic E-state index is 11.2. The van der Waals surface area contributed by atoms with Gasteiger partial charge in [0, 0.05) is 20.2 Å². The third-order valence-corrected chi connectivity index (χ3v) is 2.48. The number of carbonyl (C=O) groups excluding carboxylic acids is 1. The number of carbonyl (C=O) groups is 1. The Bertz CT molecular complexity index is 352. The van der Waals surface area contributed by atoms with Gasteiger partial charge in [-0.15, -0.1) is 0 Å². The number of nitrogens with one attached hydrogen (secondary N) is 1. The molecule has 0 atom stereocenters. The van der Waals surface area contributed by atoms with Crippen LogP contribution in [0.1, 0.15) is 11.1 Å². The highest BCUT2D eigenvalue weighted by molar-refractivity contribution is 5.72. The van der Waals surface area contributed by atoms with Gasteiger partial charge in [-0.25, -0.2) is 0 Å². The third kappa shape index (κ3) is 4.97. The van der Waals surface area contributed by atoms with Gasteiger partial charge < -0.3 is 14.8 Å². The molecule has 1 N–H and O–H groups in total. The zero-order valence-electron chi connectivity index (χ0n) is 10.4. The molecule has 0 bridgehead atoms. The summed E-state index contributed by atoms with van der Waals surface area (Å²) in [6.45, 7) is 2.21. The molecule has 4 nitrogen and oxygen atoms in total. The second-order valence-electron chi connectivity index (χ2n) is 3.69. The first kappa shape index (κ1) is 13.7. The SMILES string of the molecule is COCCNCc1ccccc1CC(=O)OC. The molecule has 0 aliphatic rings. The molecule has 0 unspecified atom stereocenters. The van der Waals surface area contributed by atoms with Crippen molar-refractivity contribution in [1.82, 2.24) is 5.32 Å². The zero-order chi connectivity index (χ0) is 12.5. The van der Waals surface area contributed by atoms with Crippen LogP contribution in [0.3, 0.4) is 0 Å². The molecule has 0 aliphatic heterocycles. The van der Waals surface area contributed by atoms with Gasteiger partial charge in [0.05, 0.1) is 20.1 Å². The van der Waals surface area contributed by atoms with Crippen LogP contribution in [0.4, 0.5) is 0 Å². The highest BCUT2D eigenvalue weighted by Crippen LogP contribution is 2.09. The number of hydrogen-bond donors (Lipinski definition) is 1. The Morgan fingerprint density at radius 2 is 1.94 bits per heavy atom. The minimum atomic E-state index is -0.214. The summed E-state index contributed by atoms with van der Waals surface area (Å²) >= 11 is 0. The molecule has 0 spiro atoms. The average molecular weight is 237 g/mol. The highest BCUT2D eigenvalue weighted by atomic mass is 16.5. The lowest BCUT2D eigenvalue weighted by Crippen LogP contribution is -2.20. The van der Waals surface area contributed by atoms with E-state index in [4.69, 9.17) is 4.74 Å². The summed E-state index contributed by atoms with van der Waals surface area (Å²) in [5.74, 6) is -0.214. The van der Waals surface area contributed by atoms with Crippen LogP contribution in [-0.2, 0) is 27.2 Å². The largest absolute Gasteiger partial charge is 0.469 e. The Hall–Kier alpha value is -1.39. The number of methoxy groups -OCH3 is 2. The number of ether oxygens (including phenoxy) is 2. The summed E-state index contributed by atoms with van der Waals surface area (Å²) in [5.41, 5.74) is 2.12. The van der Waals surface area contributed by atoms with E-state index in [-0.39, 0.29) is 5.97 Å². The van der Waals surface area contributed by atoms with Gasteiger partial charge in [0.25, 0.3) is 0 Å². The van der Waals surface area contributed by atoms with E-state index in [1.165, 1.54) is 7.11 Å². The van der Waals surface area contributed by atoms with Crippen LogP contribution in [-0.4, -0.2) is 33.3 Å². The van der Waals surface area contributed by atoms with E-state index >= 15 is 0 Å². The molecule has 94 valence electrons. The Morgan fingerprint density at radius 1 is 1.24 bits per heavy atom. The van der Waals surface area contributed by atoms with E-state index in [1.807, 2.05) is 24.3 Å². The van der Waals surface area contributed by atoms with Gasteiger partial charge in [0.2, 0.25) is 0 Å². The van der Waals surface area contributed by atoms with Gasteiger partial charge in [-0.05, 0) is 11.1 Å². The van der Waals surface area contributed by atoms with Crippen molar-refractivity contribution in [2.75, 3.05) is 27.4 Å². The number of esters is 1. The molecular weight excluding hydrogens is 218 g/mol. The van der Waals surface area contributed by atoms with Crippen LogP contribution in [0.5, 0.6) is 0 Å². The lowest BCUT2D eigenvalue weighted by Gasteiger charge is -2.09. The maximum absolute atomic E-state index is 11.2. The first-order valence-corrected chi connectivity index (χ1v) is 5.61. The molecule has 0 amide bonds. The van der Waals surface area contributed by atoms with Crippen LogP contribution in [0.25, 0.3) is 0 Å². The van der Waals surface area contributed by atoms with Crippen LogP contribution in [0, 0.1) is 0 Å². The molecule has 17 heavy (non-hydrogen) atoms. The van der Waals surface area contributed by atoms with Crippen molar-refractivity contribution in [3.8, 4) is 0 Å². The van der Waals surface area contributed by atoms with Crippen molar-refractivity contribution in [2.45, 2.75) is 13.0 Å². The Kier molecular flexibility index (Phi) is 6.29. The van der Waals surface area contributed by atoms with E-state index in [0.717, 1.165) is 24.2 Å². The summed E-state index contributed by atoms with van der Waals surface area (Å²) in [6, 6.07) is 7.85. The summed E-state index contributed by atoms with van der Waals surface area (Å²) in [5, 5.41) is 3.26. The molecule has 4 heteroatoms. The number of benzene rings is 1. The predicted octanol–water partition coefficient (Wildman–Crippen LogP) is 1.14. The minimum Gasteiger partial charge on any atom is -0.469 e. The average Bonchev–Trinajstić information content (AvgIpc) is 2.36. The molecule has 0 fully saturated rings. The maximum Gasteiger partial charge on any atom is 0.309 e. The standard InChI is InChI=1S/C13H19NO3/c1-16-8-7-14-10-12-6-4-3-5-11(12)9-13(15)17-2/h3-6,14H,7-10H2,1-2H3. The fourth-order valence-corrected chi connectivity index (χ4v) is 1.53. The first-order chi connectivity index (χ1) is 8.27. The third-order valence-electron chi connectivity index (χ3n) is 2.48. The number of hydrogen-bond acceptors (Lipinski definition) is 4. The van der Waals surface area contributed by atoms with E-state index in [1.54, 1.807) is 7.11 Å². The number of rotatable bonds is 7. The van der Waals surface area contributed by atoms with Gasteiger partial charge in [-0.3, -0.25) is 4.79 Å². The summed E-state index contributed by atoms with van der Waals surface area (Å²) in [4.78, 5) is 11.2. The second-order valence-corrected chi connectivity index (χ2v) is 3.69. The van der Waals surface area contributed by atoms with Crippen LogP contribution >= 0.6 is 0 Å². The predicted molar refractivity (Wildman–Crippen MR) is 65.7 cm³/mol. The molecule has 1 aromatic carbocycles. The van der Waals surface area contributed by atoms with E-state index in [0.29, 0.717) is 13.0 Å². The zero-order valence-corrected chi connectivity index (χ0v) is 10.4. The van der Waals surface area contributed by atoms with Crippen molar-refractivity contribution in [3.05, 3.63) is 35.4 Å². The van der Waals surface area contributed by atoms with Crippen molar-refractivity contribution < 1.29 is 14.3 Å². The summed E-state index contributed by atoms with van der Waals surface area (Å²) in [6.07, 6.45) is 0.318. The second kappa shape index (κ2) is 7.81. The van der Waals surface area contributed by atoms with Gasteiger partial charge in [-0.1, -0.05) is 24.3 Å². The van der Waals surface area contributed by atoms with Crippen molar-refractivity contribution in [3.63, 3.8) is 0 Å². The molecule has 1 rings (SSSR count). The van der Waals surface area contributed by atoms with Gasteiger partial charge in [0.15, 0.2) is 0 Å².